The van der Waals surface area contributed by atoms with Crippen molar-refractivity contribution in [1.29, 1.82) is 0 Å². The van der Waals surface area contributed by atoms with Gasteiger partial charge in [-0.25, -0.2) is 4.39 Å². The minimum absolute atomic E-state index is 0. The van der Waals surface area contributed by atoms with E-state index in [0.29, 0.717) is 5.56 Å². The van der Waals surface area contributed by atoms with E-state index in [1.807, 2.05) is 24.3 Å². The molecule has 2 aromatic carbocycles. The van der Waals surface area contributed by atoms with Crippen molar-refractivity contribution < 1.29 is 37.1 Å². The minimum Gasteiger partial charge on any atom is -0.358 e. The summed E-state index contributed by atoms with van der Waals surface area (Å²) in [6.07, 6.45) is 0. The normalized spacial score (nSPS) is 8.88. The predicted octanol–water partition coefficient (Wildman–Crippen LogP) is 4.50. The van der Waals surface area contributed by atoms with Crippen LogP contribution in [-0.4, -0.2) is 0 Å². The van der Waals surface area contributed by atoms with Gasteiger partial charge in [0.1, 0.15) is 0 Å². The van der Waals surface area contributed by atoms with Gasteiger partial charge in [-0.1, -0.05) is 28.1 Å². The number of hydrogen-bond donors (Lipinski definition) is 0. The monoisotopic (exact) mass is 353 g/mol. The van der Waals surface area contributed by atoms with Crippen molar-refractivity contribution in [2.75, 3.05) is 0 Å². The third-order valence-electron chi connectivity index (χ3n) is 1.94. The van der Waals surface area contributed by atoms with Crippen molar-refractivity contribution >= 4 is 15.9 Å². The molecule has 0 aliphatic carbocycles. The van der Waals surface area contributed by atoms with Gasteiger partial charge < -0.3 is 7.43 Å². The second-order valence-corrected chi connectivity index (χ2v) is 3.73. The maximum absolute atomic E-state index is 13.5. The molecular weight excluding hydrogens is 344 g/mol. The molecule has 0 aromatic heterocycles. The first-order valence-electron chi connectivity index (χ1n) is 4.20. The summed E-state index contributed by atoms with van der Waals surface area (Å²) in [6, 6.07) is 15.3. The molecule has 0 aliphatic heterocycles. The van der Waals surface area contributed by atoms with Crippen LogP contribution >= 0.6 is 15.9 Å². The Morgan fingerprint density at radius 3 is 2.38 bits per heavy atom. The van der Waals surface area contributed by atoms with Gasteiger partial charge in [0.15, 0.2) is 0 Å². The van der Waals surface area contributed by atoms with E-state index < -0.39 is 0 Å². The van der Waals surface area contributed by atoms with Gasteiger partial charge in [-0.3, -0.25) is 0 Å². The molecule has 0 aliphatic rings. The summed E-state index contributed by atoms with van der Waals surface area (Å²) in [4.78, 5) is 0. The zero-order valence-corrected chi connectivity index (χ0v) is 13.3. The van der Waals surface area contributed by atoms with Crippen LogP contribution in [0.1, 0.15) is 0 Å². The molecule has 1 radical (unpaired) electrons. The van der Waals surface area contributed by atoms with Crippen LogP contribution in [-0.2, 0) is 32.7 Å². The molecule has 81 valence electrons. The van der Waals surface area contributed by atoms with E-state index in [4.69, 9.17) is 0 Å². The van der Waals surface area contributed by atoms with Crippen molar-refractivity contribution in [3.8, 4) is 11.1 Å². The van der Waals surface area contributed by atoms with Crippen molar-refractivity contribution in [2.45, 2.75) is 0 Å². The zero-order chi connectivity index (χ0) is 9.97. The third-order valence-corrected chi connectivity index (χ3v) is 2.60. The second-order valence-electron chi connectivity index (χ2n) is 2.87. The Morgan fingerprint density at radius 2 is 1.81 bits per heavy atom. The number of rotatable bonds is 1. The fourth-order valence-corrected chi connectivity index (χ4v) is 1.86. The van der Waals surface area contributed by atoms with Crippen LogP contribution in [0.15, 0.2) is 46.9 Å². The molecule has 0 amide bonds. The Hall–Kier alpha value is -0.0461. The minimum atomic E-state index is -0.234. The topological polar surface area (TPSA) is 0 Å². The van der Waals surface area contributed by atoms with Gasteiger partial charge in [0.25, 0.3) is 0 Å². The summed E-state index contributed by atoms with van der Waals surface area (Å²) in [5.41, 5.74) is 1.32. The van der Waals surface area contributed by atoms with Crippen LogP contribution in [0, 0.1) is 19.3 Å². The first kappa shape index (κ1) is 16.0. The molecule has 0 fully saturated rings. The standard InChI is InChI=1S/C12H7BrF.CH3.Y/c13-10-7-4-8-11(14)12(10)9-5-2-1-3-6-9;;/h1-5,7-8H;1H3;/q2*-1;. The van der Waals surface area contributed by atoms with E-state index in [0.717, 1.165) is 10.0 Å². The first-order valence-corrected chi connectivity index (χ1v) is 4.99. The van der Waals surface area contributed by atoms with Crippen molar-refractivity contribution in [3.05, 3.63) is 66.2 Å². The van der Waals surface area contributed by atoms with Crippen LogP contribution in [0.2, 0.25) is 0 Å². The van der Waals surface area contributed by atoms with Crippen molar-refractivity contribution in [2.24, 2.45) is 0 Å². The van der Waals surface area contributed by atoms with E-state index in [9.17, 15) is 4.39 Å². The average molecular weight is 354 g/mol. The largest absolute Gasteiger partial charge is 0.358 e. The summed E-state index contributed by atoms with van der Waals surface area (Å²) in [7, 11) is 0. The van der Waals surface area contributed by atoms with Crippen LogP contribution in [0.25, 0.3) is 11.1 Å². The van der Waals surface area contributed by atoms with E-state index in [1.54, 1.807) is 12.1 Å². The Balaban J connectivity index is 0.00000112. The molecule has 0 saturated carbocycles. The molecule has 2 rings (SSSR count). The first-order chi connectivity index (χ1) is 6.79. The fourth-order valence-electron chi connectivity index (χ4n) is 1.30. The average Bonchev–Trinajstić information content (AvgIpc) is 2.19. The molecule has 0 nitrogen and oxygen atoms in total. The van der Waals surface area contributed by atoms with Crippen LogP contribution in [0.3, 0.4) is 0 Å². The maximum atomic E-state index is 13.5. The van der Waals surface area contributed by atoms with Crippen molar-refractivity contribution in [1.82, 2.24) is 0 Å². The SMILES string of the molecule is Fc1cccc(Br)c1-c1[c-]cccc1.[CH3-].[Y]. The summed E-state index contributed by atoms with van der Waals surface area (Å²) in [5.74, 6) is -0.234. The summed E-state index contributed by atoms with van der Waals surface area (Å²) in [5, 5.41) is 0. The van der Waals surface area contributed by atoms with E-state index in [-0.39, 0.29) is 46.0 Å². The van der Waals surface area contributed by atoms with E-state index in [2.05, 4.69) is 22.0 Å². The molecule has 2 aromatic rings. The molecule has 0 N–H and O–H groups in total. The molecule has 3 heteroatoms. The van der Waals surface area contributed by atoms with Crippen LogP contribution in [0.4, 0.5) is 4.39 Å². The van der Waals surface area contributed by atoms with Gasteiger partial charge in [-0.15, -0.1) is 35.9 Å². The number of benzene rings is 2. The molecule has 0 atom stereocenters. The van der Waals surface area contributed by atoms with E-state index >= 15 is 0 Å². The molecular formula is C13H10BrFY-2. The third kappa shape index (κ3) is 3.48. The zero-order valence-electron chi connectivity index (χ0n) is 8.87. The molecule has 0 spiro atoms. The molecule has 16 heavy (non-hydrogen) atoms. The predicted molar refractivity (Wildman–Crippen MR) is 64.8 cm³/mol. The quantitative estimate of drug-likeness (QED) is 0.662. The van der Waals surface area contributed by atoms with Gasteiger partial charge in [-0.05, 0) is 16.1 Å². The fraction of sp³-hybridized carbons (Fsp3) is 0. The molecule has 0 unspecified atom stereocenters. The Labute approximate surface area is 129 Å². The summed E-state index contributed by atoms with van der Waals surface area (Å²) >= 11 is 3.32. The molecule has 0 heterocycles. The Bertz CT molecular complexity index is 423. The second kappa shape index (κ2) is 7.31. The Kier molecular flexibility index (Phi) is 7.29. The smallest absolute Gasteiger partial charge is 0.0904 e. The summed E-state index contributed by atoms with van der Waals surface area (Å²) in [6.45, 7) is 0. The van der Waals surface area contributed by atoms with Crippen molar-refractivity contribution in [3.63, 3.8) is 0 Å². The molecule has 0 saturated heterocycles. The van der Waals surface area contributed by atoms with Gasteiger partial charge in [0, 0.05) is 32.7 Å². The van der Waals surface area contributed by atoms with Crippen LogP contribution < -0.4 is 0 Å². The van der Waals surface area contributed by atoms with Gasteiger partial charge in [0.05, 0.1) is 5.82 Å². The molecule has 0 bridgehead atoms. The maximum Gasteiger partial charge on any atom is 0.0904 e. The van der Waals surface area contributed by atoms with E-state index in [1.165, 1.54) is 6.07 Å². The number of hydrogen-bond acceptors (Lipinski definition) is 0. The van der Waals surface area contributed by atoms with Crippen LogP contribution in [0.5, 0.6) is 0 Å². The van der Waals surface area contributed by atoms with Gasteiger partial charge in [-0.2, -0.15) is 0 Å². The van der Waals surface area contributed by atoms with Gasteiger partial charge >= 0.3 is 0 Å². The summed E-state index contributed by atoms with van der Waals surface area (Å²) < 4.78 is 14.2. The van der Waals surface area contributed by atoms with Gasteiger partial charge in [0.2, 0.25) is 0 Å². The number of halogens is 2. The Morgan fingerprint density at radius 1 is 1.06 bits per heavy atom.